The van der Waals surface area contributed by atoms with Crippen LogP contribution in [-0.2, 0) is 6.42 Å². The van der Waals surface area contributed by atoms with Crippen molar-refractivity contribution < 1.29 is 4.79 Å². The van der Waals surface area contributed by atoms with Gasteiger partial charge in [0.05, 0.1) is 0 Å². The minimum Gasteiger partial charge on any atom is -0.361 e. The molecule has 1 N–H and O–H groups in total. The highest BCUT2D eigenvalue weighted by molar-refractivity contribution is 6.03. The molecule has 0 fully saturated rings. The van der Waals surface area contributed by atoms with Gasteiger partial charge in [0.25, 0.3) is 0 Å². The molecule has 1 aromatic heterocycles. The van der Waals surface area contributed by atoms with Gasteiger partial charge in [-0.3, -0.25) is 4.79 Å². The van der Waals surface area contributed by atoms with E-state index in [0.29, 0.717) is 0 Å². The average Bonchev–Trinajstić information content (AvgIpc) is 3.26. The van der Waals surface area contributed by atoms with Crippen LogP contribution in [0.4, 0.5) is 0 Å². The van der Waals surface area contributed by atoms with Crippen molar-refractivity contribution in [3.05, 3.63) is 107 Å². The second kappa shape index (κ2) is 5.99. The van der Waals surface area contributed by atoms with E-state index in [0.717, 1.165) is 17.5 Å². The van der Waals surface area contributed by atoms with Crippen molar-refractivity contribution in [2.24, 2.45) is 5.92 Å². The Bertz CT molecular complexity index is 1090. The molecule has 0 spiro atoms. The van der Waals surface area contributed by atoms with Crippen molar-refractivity contribution in [1.29, 1.82) is 0 Å². The molecule has 1 aliphatic carbocycles. The number of aromatic nitrogens is 1. The summed E-state index contributed by atoms with van der Waals surface area (Å²) < 4.78 is 0. The smallest absolute Gasteiger partial charge is 0.167 e. The molecule has 0 bridgehead atoms. The molecule has 0 saturated heterocycles. The highest BCUT2D eigenvalue weighted by Gasteiger charge is 2.38. The molecule has 3 aromatic carbocycles. The fourth-order valence-corrected chi connectivity index (χ4v) is 4.38. The van der Waals surface area contributed by atoms with Gasteiger partial charge in [-0.25, -0.2) is 0 Å². The van der Waals surface area contributed by atoms with E-state index in [2.05, 4.69) is 59.7 Å². The number of ketones is 1. The second-order valence-electron chi connectivity index (χ2n) is 7.01. The molecule has 1 aliphatic rings. The zero-order chi connectivity index (χ0) is 17.5. The monoisotopic (exact) mass is 337 g/mol. The number of Topliss-reactive ketones (excluding diaryl/α,β-unsaturated/α-hetero) is 1. The van der Waals surface area contributed by atoms with Gasteiger partial charge in [-0.15, -0.1) is 0 Å². The molecule has 5 rings (SSSR count). The first kappa shape index (κ1) is 15.2. The number of aromatic amines is 1. The Labute approximate surface area is 152 Å². The van der Waals surface area contributed by atoms with Gasteiger partial charge in [-0.1, -0.05) is 72.8 Å². The van der Waals surface area contributed by atoms with Crippen molar-refractivity contribution in [2.45, 2.75) is 12.3 Å². The van der Waals surface area contributed by atoms with Crippen LogP contribution in [0.15, 0.2) is 85.1 Å². The second-order valence-corrected chi connectivity index (χ2v) is 7.01. The van der Waals surface area contributed by atoms with E-state index in [1.54, 1.807) is 0 Å². The molecule has 2 heteroatoms. The number of para-hydroxylation sites is 1. The Morgan fingerprint density at radius 2 is 1.58 bits per heavy atom. The number of H-pyrrole nitrogens is 1. The average molecular weight is 337 g/mol. The number of hydrogen-bond acceptors (Lipinski definition) is 1. The number of hydrogen-bond donors (Lipinski definition) is 1. The lowest BCUT2D eigenvalue weighted by Crippen LogP contribution is -2.20. The van der Waals surface area contributed by atoms with Crippen molar-refractivity contribution in [3.8, 4) is 0 Å². The lowest BCUT2D eigenvalue weighted by atomic mass is 9.78. The number of fused-ring (bicyclic) bond motifs is 2. The van der Waals surface area contributed by atoms with E-state index >= 15 is 0 Å². The summed E-state index contributed by atoms with van der Waals surface area (Å²) in [6.07, 6.45) is 2.88. The molecule has 2 nitrogen and oxygen atoms in total. The third-order valence-corrected chi connectivity index (χ3v) is 5.58. The van der Waals surface area contributed by atoms with Crippen LogP contribution < -0.4 is 0 Å². The van der Waals surface area contributed by atoms with Gasteiger partial charge in [0.2, 0.25) is 0 Å². The summed E-state index contributed by atoms with van der Waals surface area (Å²) in [6.45, 7) is 0. The molecule has 1 heterocycles. The molecule has 0 radical (unpaired) electrons. The number of benzene rings is 3. The molecule has 26 heavy (non-hydrogen) atoms. The largest absolute Gasteiger partial charge is 0.361 e. The topological polar surface area (TPSA) is 32.9 Å². The molecule has 4 aromatic rings. The predicted octanol–water partition coefficient (Wildman–Crippen LogP) is 5.36. The maximum absolute atomic E-state index is 13.2. The van der Waals surface area contributed by atoms with E-state index in [1.807, 2.05) is 30.3 Å². The highest BCUT2D eigenvalue weighted by Crippen LogP contribution is 2.42. The van der Waals surface area contributed by atoms with Crippen molar-refractivity contribution in [1.82, 2.24) is 4.98 Å². The fraction of sp³-hybridized carbons (Fsp3) is 0.125. The molecular formula is C24H19NO. The Morgan fingerprint density at radius 1 is 0.846 bits per heavy atom. The van der Waals surface area contributed by atoms with E-state index in [-0.39, 0.29) is 17.6 Å². The van der Waals surface area contributed by atoms with Crippen LogP contribution in [0.3, 0.4) is 0 Å². The summed E-state index contributed by atoms with van der Waals surface area (Å²) in [6, 6.07) is 26.8. The maximum atomic E-state index is 13.2. The lowest BCUT2D eigenvalue weighted by molar-refractivity contribution is 0.0926. The van der Waals surface area contributed by atoms with Crippen LogP contribution in [0.25, 0.3) is 10.9 Å². The zero-order valence-electron chi connectivity index (χ0n) is 14.4. The number of rotatable bonds is 3. The lowest BCUT2D eigenvalue weighted by Gasteiger charge is -2.23. The molecule has 0 unspecified atom stereocenters. The van der Waals surface area contributed by atoms with E-state index in [1.165, 1.54) is 22.1 Å². The third-order valence-electron chi connectivity index (χ3n) is 5.58. The number of nitrogens with one attached hydrogen (secondary N) is 1. The molecular weight excluding hydrogens is 318 g/mol. The van der Waals surface area contributed by atoms with E-state index in [4.69, 9.17) is 0 Å². The molecule has 0 saturated carbocycles. The van der Waals surface area contributed by atoms with Gasteiger partial charge in [-0.05, 0) is 29.2 Å². The van der Waals surface area contributed by atoms with Gasteiger partial charge in [-0.2, -0.15) is 0 Å². The fourth-order valence-electron chi connectivity index (χ4n) is 4.38. The Kier molecular flexibility index (Phi) is 3.49. The van der Waals surface area contributed by atoms with Gasteiger partial charge < -0.3 is 4.98 Å². The van der Waals surface area contributed by atoms with Gasteiger partial charge >= 0.3 is 0 Å². The number of carbonyl (C=O) groups excluding carboxylic acids is 1. The molecule has 0 aliphatic heterocycles. The quantitative estimate of drug-likeness (QED) is 0.537. The molecule has 0 amide bonds. The minimum atomic E-state index is -0.0611. The van der Waals surface area contributed by atoms with Crippen LogP contribution in [0.1, 0.15) is 33.0 Å². The standard InChI is InChI=1S/C24H19NO/c26-24-18-11-5-4-10-17(18)14-20(24)23(16-8-2-1-3-9-16)21-15-25-22-13-7-6-12-19(21)22/h1-13,15,20,23,25H,14H2/t20-,23-/m1/s1. The molecule has 2 atom stereocenters. The van der Waals surface area contributed by atoms with Crippen molar-refractivity contribution in [2.75, 3.05) is 0 Å². The number of carbonyl (C=O) groups is 1. The zero-order valence-corrected chi connectivity index (χ0v) is 14.4. The summed E-state index contributed by atoms with van der Waals surface area (Å²) in [5.74, 6) is 0.251. The minimum absolute atomic E-state index is 0.0484. The maximum Gasteiger partial charge on any atom is 0.167 e. The first-order chi connectivity index (χ1) is 12.8. The van der Waals surface area contributed by atoms with Crippen LogP contribution >= 0.6 is 0 Å². The first-order valence-electron chi connectivity index (χ1n) is 9.06. The predicted molar refractivity (Wildman–Crippen MR) is 105 cm³/mol. The Hall–Kier alpha value is -3.13. The van der Waals surface area contributed by atoms with Crippen molar-refractivity contribution >= 4 is 16.7 Å². The van der Waals surface area contributed by atoms with E-state index in [9.17, 15) is 4.79 Å². The van der Waals surface area contributed by atoms with Crippen molar-refractivity contribution in [3.63, 3.8) is 0 Å². The SMILES string of the molecule is O=C1c2ccccc2C[C@@H]1[C@@H](c1ccccc1)c1c[nH]c2ccccc12. The highest BCUT2D eigenvalue weighted by atomic mass is 16.1. The van der Waals surface area contributed by atoms with Crippen LogP contribution in [0.5, 0.6) is 0 Å². The van der Waals surface area contributed by atoms with Gasteiger partial charge in [0.15, 0.2) is 5.78 Å². The van der Waals surface area contributed by atoms with E-state index < -0.39 is 0 Å². The molecule has 126 valence electrons. The summed E-state index contributed by atoms with van der Waals surface area (Å²) in [7, 11) is 0. The third kappa shape index (κ3) is 2.30. The van der Waals surface area contributed by atoms with Gasteiger partial charge in [0.1, 0.15) is 0 Å². The summed E-state index contributed by atoms with van der Waals surface area (Å²) >= 11 is 0. The van der Waals surface area contributed by atoms with Crippen LogP contribution in [-0.4, -0.2) is 10.8 Å². The Morgan fingerprint density at radius 3 is 2.42 bits per heavy atom. The Balaban J connectivity index is 1.68. The van der Waals surface area contributed by atoms with Crippen LogP contribution in [0.2, 0.25) is 0 Å². The summed E-state index contributed by atoms with van der Waals surface area (Å²) in [4.78, 5) is 16.6. The first-order valence-corrected chi connectivity index (χ1v) is 9.06. The summed E-state index contributed by atoms with van der Waals surface area (Å²) in [5, 5.41) is 1.20. The normalized spacial score (nSPS) is 17.4. The summed E-state index contributed by atoms with van der Waals surface area (Å²) in [5.41, 5.74) is 5.58. The van der Waals surface area contributed by atoms with Crippen LogP contribution in [0, 0.1) is 5.92 Å². The van der Waals surface area contributed by atoms with Gasteiger partial charge in [0, 0.05) is 34.5 Å².